The number of hydrogen-bond donors (Lipinski definition) is 0. The molecule has 2 bridgehead atoms. The number of hydrogen-bond acceptors (Lipinski definition) is 0. The second kappa shape index (κ2) is 4.05. The molecule has 0 radical (unpaired) electrons. The summed E-state index contributed by atoms with van der Waals surface area (Å²) in [5.74, 6) is 4.18. The van der Waals surface area contributed by atoms with Gasteiger partial charge in [-0.3, -0.25) is 0 Å². The van der Waals surface area contributed by atoms with Gasteiger partial charge >= 0.3 is 0 Å². The molecule has 0 saturated heterocycles. The van der Waals surface area contributed by atoms with Crippen LogP contribution >= 0.6 is 0 Å². The quantitative estimate of drug-likeness (QED) is 0.504. The van der Waals surface area contributed by atoms with Gasteiger partial charge in [0.15, 0.2) is 0 Å². The van der Waals surface area contributed by atoms with Crippen molar-refractivity contribution >= 4 is 0 Å². The fourth-order valence-corrected chi connectivity index (χ4v) is 8.12. The Morgan fingerprint density at radius 1 is 0.800 bits per heavy atom. The Balaban J connectivity index is 1.72. The highest BCUT2D eigenvalue weighted by Gasteiger charge is 2.63. The zero-order valence-corrected chi connectivity index (χ0v) is 14.2. The average Bonchev–Trinajstić information content (AvgIpc) is 2.58. The highest BCUT2D eigenvalue weighted by molar-refractivity contribution is 5.12. The molecule has 0 heterocycles. The fraction of sp³-hybridized carbons (Fsp3) is 1.00. The molecule has 20 heavy (non-hydrogen) atoms. The van der Waals surface area contributed by atoms with Crippen LogP contribution in [0.25, 0.3) is 0 Å². The van der Waals surface area contributed by atoms with Crippen LogP contribution in [0.15, 0.2) is 0 Å². The molecule has 0 aromatic heterocycles. The summed E-state index contributed by atoms with van der Waals surface area (Å²) in [4.78, 5) is 0. The summed E-state index contributed by atoms with van der Waals surface area (Å²) in [5.41, 5.74) is 2.06. The van der Waals surface area contributed by atoms with Crippen LogP contribution in [0, 0.1) is 39.9 Å². The Morgan fingerprint density at radius 3 is 2.40 bits per heavy atom. The molecule has 1 spiro atoms. The molecule has 0 amide bonds. The van der Waals surface area contributed by atoms with E-state index >= 15 is 0 Å². The average molecular weight is 274 g/mol. The molecule has 4 aliphatic carbocycles. The minimum Gasteiger partial charge on any atom is -0.0622 e. The zero-order chi connectivity index (χ0) is 14.2. The maximum absolute atomic E-state index is 2.72. The Kier molecular flexibility index (Phi) is 2.76. The van der Waals surface area contributed by atoms with Crippen LogP contribution in [0.1, 0.15) is 85.5 Å². The number of fused-ring (bicyclic) bond motifs is 3. The van der Waals surface area contributed by atoms with Crippen LogP contribution in [-0.2, 0) is 0 Å². The molecule has 0 aromatic carbocycles. The summed E-state index contributed by atoms with van der Waals surface area (Å²) in [6.45, 7) is 10.4. The molecule has 0 nitrogen and oxygen atoms in total. The molecule has 0 N–H and O–H groups in total. The topological polar surface area (TPSA) is 0 Å². The maximum atomic E-state index is 2.72. The highest BCUT2D eigenvalue weighted by Crippen LogP contribution is 2.72. The molecule has 0 unspecified atom stereocenters. The van der Waals surface area contributed by atoms with E-state index in [4.69, 9.17) is 0 Å². The van der Waals surface area contributed by atoms with Gasteiger partial charge in [0.2, 0.25) is 0 Å². The molecular weight excluding hydrogens is 240 g/mol. The Hall–Kier alpha value is 0. The van der Waals surface area contributed by atoms with Crippen molar-refractivity contribution in [3.8, 4) is 0 Å². The van der Waals surface area contributed by atoms with Crippen LogP contribution in [0.4, 0.5) is 0 Å². The van der Waals surface area contributed by atoms with Crippen molar-refractivity contribution < 1.29 is 0 Å². The molecule has 6 atom stereocenters. The molecule has 0 aromatic rings. The Labute approximate surface area is 126 Å². The van der Waals surface area contributed by atoms with Gasteiger partial charge in [-0.15, -0.1) is 0 Å². The van der Waals surface area contributed by atoms with Gasteiger partial charge in [0.05, 0.1) is 0 Å². The maximum Gasteiger partial charge on any atom is -0.0258 e. The SMILES string of the molecule is C[C@@H]1C[C@@]23CC[C@H]4C(C)(C)CCC[C@@]4(C)[C@@H]2CC[C@@H]1C3. The van der Waals surface area contributed by atoms with Crippen LogP contribution in [0.2, 0.25) is 0 Å². The minimum atomic E-state index is 0.607. The van der Waals surface area contributed by atoms with E-state index < -0.39 is 0 Å². The van der Waals surface area contributed by atoms with E-state index in [1.807, 2.05) is 0 Å². The van der Waals surface area contributed by atoms with Gasteiger partial charge in [0.1, 0.15) is 0 Å². The van der Waals surface area contributed by atoms with Gasteiger partial charge in [-0.05, 0) is 91.3 Å². The van der Waals surface area contributed by atoms with Crippen molar-refractivity contribution in [2.75, 3.05) is 0 Å². The molecule has 114 valence electrons. The molecule has 4 rings (SSSR count). The van der Waals surface area contributed by atoms with Crippen LogP contribution in [0.5, 0.6) is 0 Å². The van der Waals surface area contributed by atoms with Crippen molar-refractivity contribution in [3.63, 3.8) is 0 Å². The van der Waals surface area contributed by atoms with Crippen molar-refractivity contribution in [3.05, 3.63) is 0 Å². The predicted octanol–water partition coefficient (Wildman–Crippen LogP) is 6.06. The molecule has 4 fully saturated rings. The first-order valence-electron chi connectivity index (χ1n) is 9.37. The van der Waals surface area contributed by atoms with E-state index in [-0.39, 0.29) is 0 Å². The third-order valence-corrected chi connectivity index (χ3v) is 8.77. The van der Waals surface area contributed by atoms with Crippen molar-refractivity contribution in [1.82, 2.24) is 0 Å². The third kappa shape index (κ3) is 1.60. The van der Waals surface area contributed by atoms with Gasteiger partial charge in [0.25, 0.3) is 0 Å². The lowest BCUT2D eigenvalue weighted by molar-refractivity contribution is -0.144. The molecular formula is C20H34. The first-order valence-corrected chi connectivity index (χ1v) is 9.37. The second-order valence-corrected chi connectivity index (χ2v) is 10.1. The Morgan fingerprint density at radius 2 is 1.60 bits per heavy atom. The molecule has 0 aliphatic heterocycles. The third-order valence-electron chi connectivity index (χ3n) is 8.77. The first kappa shape index (κ1) is 13.6. The number of rotatable bonds is 0. The first-order chi connectivity index (χ1) is 9.37. The Bertz CT molecular complexity index is 404. The van der Waals surface area contributed by atoms with E-state index in [1.54, 1.807) is 38.5 Å². The van der Waals surface area contributed by atoms with Crippen LogP contribution in [0.3, 0.4) is 0 Å². The molecule has 4 aliphatic rings. The van der Waals surface area contributed by atoms with E-state index in [2.05, 4.69) is 27.7 Å². The van der Waals surface area contributed by atoms with Gasteiger partial charge in [0, 0.05) is 0 Å². The highest BCUT2D eigenvalue weighted by atomic mass is 14.7. The molecule has 0 heteroatoms. The largest absolute Gasteiger partial charge is 0.0622 e. The van der Waals surface area contributed by atoms with E-state index in [1.165, 1.54) is 19.3 Å². The smallest absolute Gasteiger partial charge is 0.0258 e. The summed E-state index contributed by atoms with van der Waals surface area (Å²) >= 11 is 0. The summed E-state index contributed by atoms with van der Waals surface area (Å²) in [6, 6.07) is 0. The van der Waals surface area contributed by atoms with E-state index in [0.717, 1.165) is 29.1 Å². The predicted molar refractivity (Wildman–Crippen MR) is 85.5 cm³/mol. The second-order valence-electron chi connectivity index (χ2n) is 10.1. The van der Waals surface area contributed by atoms with Gasteiger partial charge in [-0.1, -0.05) is 34.1 Å². The summed E-state index contributed by atoms with van der Waals surface area (Å²) in [6.07, 6.45) is 13.9. The zero-order valence-electron chi connectivity index (χ0n) is 14.2. The summed E-state index contributed by atoms with van der Waals surface area (Å²) < 4.78 is 0. The van der Waals surface area contributed by atoms with Crippen LogP contribution < -0.4 is 0 Å². The summed E-state index contributed by atoms with van der Waals surface area (Å²) in [5, 5.41) is 0. The lowest BCUT2D eigenvalue weighted by atomic mass is 9.41. The van der Waals surface area contributed by atoms with Crippen LogP contribution in [-0.4, -0.2) is 0 Å². The standard InChI is InChI=1S/C20H34/c1-14-12-20-11-8-16-18(2,3)9-5-10-19(16,4)17(20)7-6-15(14)13-20/h14-17H,5-13H2,1-4H3/t14-,15-,16+,17+,19-,20-/m1/s1. The lowest BCUT2D eigenvalue weighted by Gasteiger charge is -2.64. The van der Waals surface area contributed by atoms with Gasteiger partial charge in [-0.25, -0.2) is 0 Å². The lowest BCUT2D eigenvalue weighted by Crippen LogP contribution is -2.55. The normalized spacial score (nSPS) is 57.0. The van der Waals surface area contributed by atoms with Crippen molar-refractivity contribution in [2.24, 2.45) is 39.9 Å². The monoisotopic (exact) mass is 274 g/mol. The fourth-order valence-electron chi connectivity index (χ4n) is 8.12. The van der Waals surface area contributed by atoms with Crippen molar-refractivity contribution in [2.45, 2.75) is 85.5 Å². The minimum absolute atomic E-state index is 0.607. The van der Waals surface area contributed by atoms with Crippen molar-refractivity contribution in [1.29, 1.82) is 0 Å². The van der Waals surface area contributed by atoms with E-state index in [9.17, 15) is 0 Å². The molecule has 4 saturated carbocycles. The summed E-state index contributed by atoms with van der Waals surface area (Å²) in [7, 11) is 0. The van der Waals surface area contributed by atoms with E-state index in [0.29, 0.717) is 10.8 Å². The van der Waals surface area contributed by atoms with Gasteiger partial charge < -0.3 is 0 Å². The van der Waals surface area contributed by atoms with Gasteiger partial charge in [-0.2, -0.15) is 0 Å².